The van der Waals surface area contributed by atoms with Gasteiger partial charge in [-0.15, -0.1) is 0 Å². The molecule has 0 aliphatic heterocycles. The fraction of sp³-hybridized carbons (Fsp3) is 0.200. The molecule has 0 unspecified atom stereocenters. The Kier molecular flexibility index (Phi) is 3.76. The minimum absolute atomic E-state index is 0.0818. The summed E-state index contributed by atoms with van der Waals surface area (Å²) in [6, 6.07) is 14.5. The molecule has 1 N–H and O–H groups in total. The number of fused-ring (bicyclic) bond motifs is 3. The lowest BCUT2D eigenvalue weighted by molar-refractivity contribution is -0.116. The van der Waals surface area contributed by atoms with Crippen molar-refractivity contribution in [1.82, 2.24) is 14.3 Å². The van der Waals surface area contributed by atoms with Gasteiger partial charge in [-0.05, 0) is 43.7 Å². The number of rotatable bonds is 4. The van der Waals surface area contributed by atoms with E-state index in [-0.39, 0.29) is 12.5 Å². The van der Waals surface area contributed by atoms with Crippen LogP contribution >= 0.6 is 0 Å². The largest absolute Gasteiger partial charge is 0.341 e. The van der Waals surface area contributed by atoms with Gasteiger partial charge in [0, 0.05) is 40.2 Å². The van der Waals surface area contributed by atoms with E-state index in [0.717, 1.165) is 23.2 Å². The quantitative estimate of drug-likeness (QED) is 0.615. The summed E-state index contributed by atoms with van der Waals surface area (Å²) in [5.41, 5.74) is 4.25. The number of hydrogen-bond acceptors (Lipinski definition) is 2. The van der Waals surface area contributed by atoms with Crippen molar-refractivity contribution in [3.05, 3.63) is 60.4 Å². The summed E-state index contributed by atoms with van der Waals surface area (Å²) < 4.78 is 3.94. The van der Waals surface area contributed by atoms with Crippen molar-refractivity contribution < 1.29 is 4.79 Å². The first kappa shape index (κ1) is 15.4. The van der Waals surface area contributed by atoms with Crippen LogP contribution < -0.4 is 5.32 Å². The second-order valence-electron chi connectivity index (χ2n) is 6.26. The number of carbonyl (C=O) groups is 1. The molecule has 2 heterocycles. The lowest BCUT2D eigenvalue weighted by Crippen LogP contribution is -2.18. The molecule has 1 amide bonds. The molecule has 0 bridgehead atoms. The zero-order valence-electron chi connectivity index (χ0n) is 14.4. The maximum atomic E-state index is 12.3. The smallest absolute Gasteiger partial charge is 0.246 e. The predicted octanol–water partition coefficient (Wildman–Crippen LogP) is 3.96. The summed E-state index contributed by atoms with van der Waals surface area (Å²) in [6.45, 7) is 5.23. The summed E-state index contributed by atoms with van der Waals surface area (Å²) in [7, 11) is 0. The van der Waals surface area contributed by atoms with Crippen molar-refractivity contribution in [1.29, 1.82) is 0 Å². The molecule has 2 aromatic carbocycles. The third kappa shape index (κ3) is 2.78. The summed E-state index contributed by atoms with van der Waals surface area (Å²) in [5.74, 6) is -0.0818. The Bertz CT molecular complexity index is 1070. The molecule has 5 nitrogen and oxygen atoms in total. The molecule has 126 valence electrons. The molecule has 0 fully saturated rings. The van der Waals surface area contributed by atoms with Gasteiger partial charge >= 0.3 is 0 Å². The zero-order chi connectivity index (χ0) is 17.4. The average Bonchev–Trinajstić information content (AvgIpc) is 3.15. The van der Waals surface area contributed by atoms with Crippen LogP contribution in [-0.2, 0) is 17.9 Å². The minimum atomic E-state index is -0.0818. The lowest BCUT2D eigenvalue weighted by atomic mass is 10.1. The van der Waals surface area contributed by atoms with Crippen molar-refractivity contribution >= 4 is 33.4 Å². The van der Waals surface area contributed by atoms with E-state index >= 15 is 0 Å². The molecule has 0 aliphatic carbocycles. The third-order valence-corrected chi connectivity index (χ3v) is 4.44. The van der Waals surface area contributed by atoms with Crippen LogP contribution in [0.4, 0.5) is 5.69 Å². The van der Waals surface area contributed by atoms with E-state index < -0.39 is 0 Å². The van der Waals surface area contributed by atoms with Crippen LogP contribution in [0, 0.1) is 6.92 Å². The second-order valence-corrected chi connectivity index (χ2v) is 6.26. The normalized spacial score (nSPS) is 11.3. The van der Waals surface area contributed by atoms with Gasteiger partial charge in [0.05, 0.1) is 6.20 Å². The summed E-state index contributed by atoms with van der Waals surface area (Å²) in [4.78, 5) is 12.3. The van der Waals surface area contributed by atoms with Gasteiger partial charge in [0.1, 0.15) is 6.54 Å². The SMILES string of the molecule is CCn1c2ccccc2c2cc(NC(=O)Cn3cc(C)cn3)ccc21. The van der Waals surface area contributed by atoms with Gasteiger partial charge in [-0.3, -0.25) is 9.48 Å². The number of para-hydroxylation sites is 1. The summed E-state index contributed by atoms with van der Waals surface area (Å²) in [5, 5.41) is 9.49. The first-order valence-corrected chi connectivity index (χ1v) is 8.45. The average molecular weight is 332 g/mol. The Morgan fingerprint density at radius 2 is 1.92 bits per heavy atom. The second kappa shape index (κ2) is 6.09. The van der Waals surface area contributed by atoms with E-state index in [1.807, 2.05) is 25.3 Å². The lowest BCUT2D eigenvalue weighted by Gasteiger charge is -2.07. The highest BCUT2D eigenvalue weighted by Gasteiger charge is 2.11. The molecule has 25 heavy (non-hydrogen) atoms. The van der Waals surface area contributed by atoms with Gasteiger partial charge in [0.25, 0.3) is 0 Å². The predicted molar refractivity (Wildman–Crippen MR) is 101 cm³/mol. The van der Waals surface area contributed by atoms with Crippen molar-refractivity contribution in [2.75, 3.05) is 5.32 Å². The number of hydrogen-bond donors (Lipinski definition) is 1. The highest BCUT2D eigenvalue weighted by molar-refractivity contribution is 6.09. The first-order chi connectivity index (χ1) is 12.2. The minimum Gasteiger partial charge on any atom is -0.341 e. The van der Waals surface area contributed by atoms with Crippen LogP contribution in [0.25, 0.3) is 21.8 Å². The van der Waals surface area contributed by atoms with Crippen molar-refractivity contribution in [3.63, 3.8) is 0 Å². The molecule has 4 aromatic rings. The van der Waals surface area contributed by atoms with E-state index in [0.29, 0.717) is 0 Å². The maximum Gasteiger partial charge on any atom is 0.246 e. The van der Waals surface area contributed by atoms with E-state index in [2.05, 4.69) is 52.2 Å². The van der Waals surface area contributed by atoms with Gasteiger partial charge in [0.2, 0.25) is 5.91 Å². The van der Waals surface area contributed by atoms with Crippen LogP contribution in [0.1, 0.15) is 12.5 Å². The molecule has 0 aliphatic rings. The molecule has 5 heteroatoms. The number of nitrogens with zero attached hydrogens (tertiary/aromatic N) is 3. The van der Waals surface area contributed by atoms with E-state index in [1.165, 1.54) is 16.4 Å². The Morgan fingerprint density at radius 3 is 2.68 bits per heavy atom. The molecule has 0 saturated heterocycles. The number of carbonyl (C=O) groups excluding carboxylic acids is 1. The zero-order valence-corrected chi connectivity index (χ0v) is 14.4. The van der Waals surface area contributed by atoms with E-state index in [1.54, 1.807) is 10.9 Å². The standard InChI is InChI=1S/C20H20N4O/c1-3-24-18-7-5-4-6-16(18)17-10-15(8-9-19(17)24)22-20(25)13-23-12-14(2)11-21-23/h4-12H,3,13H2,1-2H3,(H,22,25). The molecule has 0 radical (unpaired) electrons. The van der Waals surface area contributed by atoms with Crippen molar-refractivity contribution in [3.8, 4) is 0 Å². The number of nitrogens with one attached hydrogen (secondary N) is 1. The fourth-order valence-corrected chi connectivity index (χ4v) is 3.37. The van der Waals surface area contributed by atoms with Gasteiger partial charge < -0.3 is 9.88 Å². The third-order valence-electron chi connectivity index (χ3n) is 4.44. The van der Waals surface area contributed by atoms with Crippen LogP contribution in [0.3, 0.4) is 0 Å². The van der Waals surface area contributed by atoms with Gasteiger partial charge in [-0.1, -0.05) is 18.2 Å². The van der Waals surface area contributed by atoms with Crippen LogP contribution in [0.5, 0.6) is 0 Å². The molecule has 0 spiro atoms. The number of benzene rings is 2. The van der Waals surface area contributed by atoms with Crippen LogP contribution in [0.15, 0.2) is 54.9 Å². The van der Waals surface area contributed by atoms with E-state index in [4.69, 9.17) is 0 Å². The maximum absolute atomic E-state index is 12.3. The number of anilines is 1. The molecule has 2 aromatic heterocycles. The van der Waals surface area contributed by atoms with Gasteiger partial charge in [-0.25, -0.2) is 0 Å². The molecule has 0 atom stereocenters. The fourth-order valence-electron chi connectivity index (χ4n) is 3.37. The highest BCUT2D eigenvalue weighted by atomic mass is 16.2. The topological polar surface area (TPSA) is 51.9 Å². The summed E-state index contributed by atoms with van der Waals surface area (Å²) in [6.07, 6.45) is 3.61. The molecule has 0 saturated carbocycles. The number of aromatic nitrogens is 3. The van der Waals surface area contributed by atoms with Crippen molar-refractivity contribution in [2.24, 2.45) is 0 Å². The van der Waals surface area contributed by atoms with Crippen molar-refractivity contribution in [2.45, 2.75) is 26.9 Å². The Balaban J connectivity index is 1.67. The molecular formula is C20H20N4O. The Hall–Kier alpha value is -3.08. The van der Waals surface area contributed by atoms with Crippen LogP contribution in [-0.4, -0.2) is 20.3 Å². The summed E-state index contributed by atoms with van der Waals surface area (Å²) >= 11 is 0. The first-order valence-electron chi connectivity index (χ1n) is 8.45. The molecular weight excluding hydrogens is 312 g/mol. The van der Waals surface area contributed by atoms with Crippen LogP contribution in [0.2, 0.25) is 0 Å². The van der Waals surface area contributed by atoms with Gasteiger partial charge in [-0.2, -0.15) is 5.10 Å². The number of aryl methyl sites for hydroxylation is 2. The van der Waals surface area contributed by atoms with E-state index in [9.17, 15) is 4.79 Å². The number of amides is 1. The monoisotopic (exact) mass is 332 g/mol. The Morgan fingerprint density at radius 1 is 1.12 bits per heavy atom. The molecule has 4 rings (SSSR count). The highest BCUT2D eigenvalue weighted by Crippen LogP contribution is 2.30. The van der Waals surface area contributed by atoms with Gasteiger partial charge in [0.15, 0.2) is 0 Å². The Labute approximate surface area is 145 Å².